The third kappa shape index (κ3) is 3.52. The van der Waals surface area contributed by atoms with E-state index >= 15 is 0 Å². The molecule has 82 valence electrons. The first-order chi connectivity index (χ1) is 6.89. The van der Waals surface area contributed by atoms with Gasteiger partial charge in [-0.1, -0.05) is 0 Å². The SMILES string of the molecule is C[N+]([O-])=NNc1ccc(S(=O)(=O)O)cc1. The van der Waals surface area contributed by atoms with Crippen molar-refractivity contribution in [1.29, 1.82) is 0 Å². The van der Waals surface area contributed by atoms with Crippen molar-refractivity contribution in [3.05, 3.63) is 29.5 Å². The number of anilines is 1. The lowest BCUT2D eigenvalue weighted by Gasteiger charge is -1.99. The maximum Gasteiger partial charge on any atom is 0.294 e. The highest BCUT2D eigenvalue weighted by Crippen LogP contribution is 2.13. The first-order valence-corrected chi connectivity index (χ1v) is 5.28. The molecule has 0 aliphatic carbocycles. The van der Waals surface area contributed by atoms with Gasteiger partial charge in [-0.2, -0.15) is 13.3 Å². The van der Waals surface area contributed by atoms with Crippen molar-refractivity contribution >= 4 is 15.8 Å². The number of hydroxylamine groups is 1. The van der Waals surface area contributed by atoms with Crippen LogP contribution in [0.15, 0.2) is 34.4 Å². The van der Waals surface area contributed by atoms with Crippen molar-refractivity contribution in [2.45, 2.75) is 4.90 Å². The molecule has 1 rings (SSSR count). The van der Waals surface area contributed by atoms with E-state index < -0.39 is 10.1 Å². The van der Waals surface area contributed by atoms with Crippen molar-refractivity contribution in [2.75, 3.05) is 12.5 Å². The molecule has 0 aliphatic rings. The van der Waals surface area contributed by atoms with Gasteiger partial charge in [0, 0.05) is 0 Å². The Kier molecular flexibility index (Phi) is 3.22. The van der Waals surface area contributed by atoms with Gasteiger partial charge in [0.05, 0.1) is 10.1 Å². The van der Waals surface area contributed by atoms with Gasteiger partial charge in [-0.05, 0) is 24.3 Å². The normalized spacial score (nSPS) is 12.5. The van der Waals surface area contributed by atoms with Gasteiger partial charge in [-0.25, -0.2) is 0 Å². The van der Waals surface area contributed by atoms with E-state index in [0.717, 1.165) is 0 Å². The third-order valence-corrected chi connectivity index (χ3v) is 2.34. The number of hydrogen-bond acceptors (Lipinski definition) is 4. The van der Waals surface area contributed by atoms with E-state index in [4.69, 9.17) is 4.55 Å². The summed E-state index contributed by atoms with van der Waals surface area (Å²) < 4.78 is 30.0. The molecule has 0 aromatic heterocycles. The fourth-order valence-corrected chi connectivity index (χ4v) is 1.31. The topological polar surface area (TPSA) is 105 Å². The monoisotopic (exact) mass is 231 g/mol. The largest absolute Gasteiger partial charge is 0.696 e. The predicted octanol–water partition coefficient (Wildman–Crippen LogP) is 0.852. The van der Waals surface area contributed by atoms with Crippen molar-refractivity contribution in [3.8, 4) is 0 Å². The Hall–Kier alpha value is -1.67. The van der Waals surface area contributed by atoms with E-state index in [9.17, 15) is 13.6 Å². The molecule has 0 bridgehead atoms. The molecule has 0 unspecified atom stereocenters. The molecule has 7 nitrogen and oxygen atoms in total. The van der Waals surface area contributed by atoms with Crippen LogP contribution in [0.5, 0.6) is 0 Å². The van der Waals surface area contributed by atoms with Crippen LogP contribution in [-0.2, 0) is 10.1 Å². The minimum absolute atomic E-state index is 0.219. The molecule has 15 heavy (non-hydrogen) atoms. The van der Waals surface area contributed by atoms with Crippen molar-refractivity contribution in [3.63, 3.8) is 0 Å². The highest BCUT2D eigenvalue weighted by Gasteiger charge is 2.08. The lowest BCUT2D eigenvalue weighted by molar-refractivity contribution is -0.497. The molecule has 1 aromatic carbocycles. The predicted molar refractivity (Wildman–Crippen MR) is 51.9 cm³/mol. The smallest absolute Gasteiger partial charge is 0.294 e. The molecule has 0 radical (unpaired) electrons. The van der Waals surface area contributed by atoms with Crippen LogP contribution in [-0.4, -0.2) is 24.9 Å². The van der Waals surface area contributed by atoms with E-state index in [1.165, 1.54) is 31.3 Å². The lowest BCUT2D eigenvalue weighted by Crippen LogP contribution is -1.99. The van der Waals surface area contributed by atoms with Crippen LogP contribution in [0.1, 0.15) is 0 Å². The lowest BCUT2D eigenvalue weighted by atomic mass is 10.3. The standard InChI is InChI=1S/C7H9N3O4S/c1-10(11)9-8-6-2-4-7(5-3-6)15(12,13)14/h2-5,8H,1H3,(H,12,13,14). The molecule has 0 saturated heterocycles. The highest BCUT2D eigenvalue weighted by molar-refractivity contribution is 7.85. The Bertz CT molecular complexity index is 462. The van der Waals surface area contributed by atoms with Crippen LogP contribution in [0.4, 0.5) is 5.69 Å². The molecule has 0 heterocycles. The molecule has 1 aromatic rings. The van der Waals surface area contributed by atoms with Crippen LogP contribution in [0.25, 0.3) is 0 Å². The highest BCUT2D eigenvalue weighted by atomic mass is 32.2. The van der Waals surface area contributed by atoms with Gasteiger partial charge >= 0.3 is 0 Å². The fourth-order valence-electron chi connectivity index (χ4n) is 0.830. The molecular formula is C7H9N3O4S. The quantitative estimate of drug-likeness (QED) is 0.347. The van der Waals surface area contributed by atoms with Gasteiger partial charge in [0.1, 0.15) is 12.7 Å². The summed E-state index contributed by atoms with van der Waals surface area (Å²) in [5, 5.41) is 13.7. The average molecular weight is 231 g/mol. The maximum atomic E-state index is 10.7. The van der Waals surface area contributed by atoms with Crippen LogP contribution in [0.2, 0.25) is 0 Å². The molecule has 0 atom stereocenters. The van der Waals surface area contributed by atoms with E-state index in [2.05, 4.69) is 10.6 Å². The van der Waals surface area contributed by atoms with Gasteiger partial charge in [0.2, 0.25) is 0 Å². The zero-order chi connectivity index (χ0) is 11.5. The van der Waals surface area contributed by atoms with E-state index in [1.807, 2.05) is 0 Å². The van der Waals surface area contributed by atoms with Crippen LogP contribution < -0.4 is 5.43 Å². The number of rotatable bonds is 3. The Labute approximate surface area is 86.4 Å². The summed E-state index contributed by atoms with van der Waals surface area (Å²) in [7, 11) is -2.99. The number of nitrogens with zero attached hydrogens (tertiary/aromatic N) is 2. The minimum Gasteiger partial charge on any atom is -0.696 e. The molecule has 8 heteroatoms. The Balaban J connectivity index is 2.87. The maximum absolute atomic E-state index is 10.7. The summed E-state index contributed by atoms with van der Waals surface area (Å²) >= 11 is 0. The average Bonchev–Trinajstić information content (AvgIpc) is 2.14. The summed E-state index contributed by atoms with van der Waals surface area (Å²) in [5.41, 5.74) is 2.82. The third-order valence-electron chi connectivity index (χ3n) is 1.47. The molecule has 0 aliphatic heterocycles. The van der Waals surface area contributed by atoms with Crippen LogP contribution >= 0.6 is 0 Å². The molecule has 2 N–H and O–H groups in total. The van der Waals surface area contributed by atoms with Gasteiger partial charge in [0.25, 0.3) is 10.1 Å². The van der Waals surface area contributed by atoms with E-state index in [0.29, 0.717) is 10.5 Å². The molecule has 0 spiro atoms. The Morgan fingerprint density at radius 2 is 1.93 bits per heavy atom. The van der Waals surface area contributed by atoms with Crippen molar-refractivity contribution < 1.29 is 17.8 Å². The summed E-state index contributed by atoms with van der Waals surface area (Å²) in [6.07, 6.45) is 0. The summed E-state index contributed by atoms with van der Waals surface area (Å²) in [5.74, 6) is 0. The zero-order valence-corrected chi connectivity index (χ0v) is 8.60. The summed E-state index contributed by atoms with van der Waals surface area (Å²) in [4.78, 5) is 0.0972. The Morgan fingerprint density at radius 1 is 1.40 bits per heavy atom. The fraction of sp³-hybridized carbons (Fsp3) is 0.143. The first kappa shape index (κ1) is 11.4. The molecular weight excluding hydrogens is 222 g/mol. The van der Waals surface area contributed by atoms with Crippen LogP contribution in [0, 0.1) is 5.21 Å². The molecule has 0 amide bonds. The summed E-state index contributed by atoms with van der Waals surface area (Å²) in [6, 6.07) is 5.13. The summed E-state index contributed by atoms with van der Waals surface area (Å²) in [6.45, 7) is 0. The van der Waals surface area contributed by atoms with Gasteiger partial charge in [-0.3, -0.25) is 4.55 Å². The zero-order valence-electron chi connectivity index (χ0n) is 7.78. The number of nitrogens with one attached hydrogen (secondary N) is 1. The van der Waals surface area contributed by atoms with Gasteiger partial charge < -0.3 is 5.21 Å². The van der Waals surface area contributed by atoms with Gasteiger partial charge in [0.15, 0.2) is 0 Å². The second kappa shape index (κ2) is 4.24. The Morgan fingerprint density at radius 3 is 2.33 bits per heavy atom. The molecule has 0 fully saturated rings. The van der Waals surface area contributed by atoms with Gasteiger partial charge in [-0.15, -0.1) is 5.43 Å². The van der Waals surface area contributed by atoms with E-state index in [1.54, 1.807) is 0 Å². The first-order valence-electron chi connectivity index (χ1n) is 3.84. The van der Waals surface area contributed by atoms with Crippen molar-refractivity contribution in [1.82, 2.24) is 0 Å². The van der Waals surface area contributed by atoms with Crippen molar-refractivity contribution in [2.24, 2.45) is 5.22 Å². The second-order valence-corrected chi connectivity index (χ2v) is 4.10. The second-order valence-electron chi connectivity index (χ2n) is 2.68. The number of hydrogen-bond donors (Lipinski definition) is 2. The van der Waals surface area contributed by atoms with Crippen LogP contribution in [0.3, 0.4) is 0 Å². The van der Waals surface area contributed by atoms with E-state index in [-0.39, 0.29) is 4.90 Å². The molecule has 0 saturated carbocycles. The number of benzene rings is 1. The minimum atomic E-state index is -4.18.